The van der Waals surface area contributed by atoms with Gasteiger partial charge in [0.05, 0.1) is 17.0 Å². The maximum Gasteiger partial charge on any atom is 0.416 e. The summed E-state index contributed by atoms with van der Waals surface area (Å²) in [4.78, 5) is 4.10. The van der Waals surface area contributed by atoms with Gasteiger partial charge in [-0.3, -0.25) is 4.98 Å². The Morgan fingerprint density at radius 2 is 1.69 bits per heavy atom. The summed E-state index contributed by atoms with van der Waals surface area (Å²) in [6.07, 6.45) is -0.437. The summed E-state index contributed by atoms with van der Waals surface area (Å²) in [5, 5.41) is 10.7. The molecule has 6 heteroatoms. The number of alkyl halides is 3. The molecule has 2 aromatic carbocycles. The minimum absolute atomic E-state index is 0.117. The molecule has 0 bridgehead atoms. The molecule has 0 aliphatic heterocycles. The smallest absolute Gasteiger partial charge is 0.264 e. The SMILES string of the molecule is N#CC(CCc1ccccc1C(F)(F)F)(Cc1cccnc1)c1ccc(Cl)cc1. The number of nitrogens with zero attached hydrogens (tertiary/aromatic N) is 2. The highest BCUT2D eigenvalue weighted by atomic mass is 35.5. The molecule has 0 saturated carbocycles. The lowest BCUT2D eigenvalue weighted by Crippen LogP contribution is -2.28. The molecule has 1 aromatic heterocycles. The molecule has 148 valence electrons. The second-order valence-electron chi connectivity index (χ2n) is 6.89. The zero-order valence-electron chi connectivity index (χ0n) is 15.5. The number of pyridine rings is 1. The van der Waals surface area contributed by atoms with Crippen molar-refractivity contribution < 1.29 is 13.2 Å². The van der Waals surface area contributed by atoms with Gasteiger partial charge < -0.3 is 0 Å². The van der Waals surface area contributed by atoms with Gasteiger partial charge in [0.1, 0.15) is 0 Å². The number of aromatic nitrogens is 1. The quantitative estimate of drug-likeness (QED) is 0.468. The fourth-order valence-corrected chi connectivity index (χ4v) is 3.60. The van der Waals surface area contributed by atoms with Crippen LogP contribution in [0.4, 0.5) is 13.2 Å². The molecular formula is C23H18ClF3N2. The molecule has 1 heterocycles. The van der Waals surface area contributed by atoms with Crippen LogP contribution < -0.4 is 0 Å². The first-order valence-corrected chi connectivity index (χ1v) is 9.43. The molecule has 0 spiro atoms. The van der Waals surface area contributed by atoms with Crippen molar-refractivity contribution in [3.05, 3.63) is 100 Å². The third kappa shape index (κ3) is 4.96. The predicted octanol–water partition coefficient (Wildman–Crippen LogP) is 6.39. The third-order valence-corrected chi connectivity index (χ3v) is 5.24. The van der Waals surface area contributed by atoms with Crippen LogP contribution in [0.1, 0.15) is 28.7 Å². The number of hydrogen-bond donors (Lipinski definition) is 0. The molecule has 0 radical (unpaired) electrons. The number of rotatable bonds is 6. The Morgan fingerprint density at radius 3 is 2.31 bits per heavy atom. The Hall–Kier alpha value is -2.84. The summed E-state index contributed by atoms with van der Waals surface area (Å²) in [5.74, 6) is 0. The van der Waals surface area contributed by atoms with E-state index in [9.17, 15) is 18.4 Å². The van der Waals surface area contributed by atoms with Gasteiger partial charge in [0, 0.05) is 17.4 Å². The van der Waals surface area contributed by atoms with Crippen molar-refractivity contribution >= 4 is 11.6 Å². The number of hydrogen-bond acceptors (Lipinski definition) is 2. The van der Waals surface area contributed by atoms with Crippen LogP contribution in [0.2, 0.25) is 5.02 Å². The van der Waals surface area contributed by atoms with Gasteiger partial charge in [0.2, 0.25) is 0 Å². The predicted molar refractivity (Wildman–Crippen MR) is 106 cm³/mol. The van der Waals surface area contributed by atoms with Crippen LogP contribution >= 0.6 is 11.6 Å². The van der Waals surface area contributed by atoms with E-state index in [2.05, 4.69) is 11.1 Å². The Kier molecular flexibility index (Phi) is 6.24. The van der Waals surface area contributed by atoms with Crippen molar-refractivity contribution in [1.82, 2.24) is 4.98 Å². The summed E-state index contributed by atoms with van der Waals surface area (Å²) >= 11 is 5.99. The van der Waals surface area contributed by atoms with Gasteiger partial charge in [0.25, 0.3) is 0 Å². The molecular weight excluding hydrogens is 397 g/mol. The van der Waals surface area contributed by atoms with Crippen molar-refractivity contribution in [1.29, 1.82) is 5.26 Å². The van der Waals surface area contributed by atoms with Crippen LogP contribution in [0, 0.1) is 11.3 Å². The molecule has 2 nitrogen and oxygen atoms in total. The van der Waals surface area contributed by atoms with Crippen LogP contribution in [0.3, 0.4) is 0 Å². The average Bonchev–Trinajstić information content (AvgIpc) is 2.72. The Balaban J connectivity index is 1.98. The van der Waals surface area contributed by atoms with E-state index in [1.807, 2.05) is 6.07 Å². The Labute approximate surface area is 172 Å². The zero-order valence-corrected chi connectivity index (χ0v) is 16.2. The van der Waals surface area contributed by atoms with E-state index < -0.39 is 17.2 Å². The second-order valence-corrected chi connectivity index (χ2v) is 7.33. The topological polar surface area (TPSA) is 36.7 Å². The van der Waals surface area contributed by atoms with E-state index in [-0.39, 0.29) is 18.4 Å². The van der Waals surface area contributed by atoms with Crippen molar-refractivity contribution in [2.24, 2.45) is 0 Å². The van der Waals surface area contributed by atoms with E-state index in [0.717, 1.165) is 17.2 Å². The van der Waals surface area contributed by atoms with Crippen LogP contribution in [-0.2, 0) is 24.4 Å². The normalized spacial score (nSPS) is 13.5. The summed E-state index contributed by atoms with van der Waals surface area (Å²) in [5.41, 5.74) is 0.0710. The number of aryl methyl sites for hydroxylation is 1. The zero-order chi connectivity index (χ0) is 20.9. The molecule has 1 unspecified atom stereocenters. The first-order valence-electron chi connectivity index (χ1n) is 9.05. The van der Waals surface area contributed by atoms with Crippen molar-refractivity contribution in [2.75, 3.05) is 0 Å². The summed E-state index contributed by atoms with van der Waals surface area (Å²) in [6.45, 7) is 0. The van der Waals surface area contributed by atoms with E-state index in [4.69, 9.17) is 11.6 Å². The summed E-state index contributed by atoms with van der Waals surface area (Å²) < 4.78 is 40.1. The first kappa shape index (κ1) is 20.9. The first-order chi connectivity index (χ1) is 13.8. The largest absolute Gasteiger partial charge is 0.416 e. The highest BCUT2D eigenvalue weighted by molar-refractivity contribution is 6.30. The Bertz CT molecular complexity index is 995. The molecule has 0 N–H and O–H groups in total. The molecule has 0 fully saturated rings. The van der Waals surface area contributed by atoms with Gasteiger partial charge in [-0.05, 0) is 60.2 Å². The fourth-order valence-electron chi connectivity index (χ4n) is 3.48. The molecule has 0 aliphatic rings. The molecule has 3 aromatic rings. The van der Waals surface area contributed by atoms with Gasteiger partial charge >= 0.3 is 6.18 Å². The van der Waals surface area contributed by atoms with Crippen LogP contribution in [-0.4, -0.2) is 4.98 Å². The highest BCUT2D eigenvalue weighted by Crippen LogP contribution is 2.37. The standard InChI is InChI=1S/C23H18ClF3N2/c24-20-9-7-19(8-10-20)22(16-28,14-17-4-3-13-29-15-17)12-11-18-5-1-2-6-21(18)23(25,26)27/h1-10,13,15H,11-12,14H2. The molecule has 29 heavy (non-hydrogen) atoms. The van der Waals surface area contributed by atoms with Gasteiger partial charge in [-0.2, -0.15) is 18.4 Å². The van der Waals surface area contributed by atoms with Gasteiger partial charge in [-0.25, -0.2) is 0 Å². The second kappa shape index (κ2) is 8.67. The van der Waals surface area contributed by atoms with Crippen LogP contribution in [0.15, 0.2) is 73.1 Å². The highest BCUT2D eigenvalue weighted by Gasteiger charge is 2.36. The van der Waals surface area contributed by atoms with Crippen molar-refractivity contribution in [3.8, 4) is 6.07 Å². The summed E-state index contributed by atoms with van der Waals surface area (Å²) in [7, 11) is 0. The maximum atomic E-state index is 13.4. The van der Waals surface area contributed by atoms with Crippen LogP contribution in [0.25, 0.3) is 0 Å². The molecule has 3 rings (SSSR count). The van der Waals surface area contributed by atoms with Gasteiger partial charge in [-0.1, -0.05) is 48.0 Å². The monoisotopic (exact) mass is 414 g/mol. The molecule has 1 atom stereocenters. The van der Waals surface area contributed by atoms with Crippen LogP contribution in [0.5, 0.6) is 0 Å². The average molecular weight is 415 g/mol. The lowest BCUT2D eigenvalue weighted by atomic mass is 9.73. The van der Waals surface area contributed by atoms with Crippen molar-refractivity contribution in [3.63, 3.8) is 0 Å². The lowest BCUT2D eigenvalue weighted by molar-refractivity contribution is -0.138. The number of benzene rings is 2. The molecule has 0 saturated heterocycles. The van der Waals surface area contributed by atoms with E-state index in [0.29, 0.717) is 11.4 Å². The maximum absolute atomic E-state index is 13.4. The fraction of sp³-hybridized carbons (Fsp3) is 0.217. The van der Waals surface area contributed by atoms with Crippen molar-refractivity contribution in [2.45, 2.75) is 30.9 Å². The van der Waals surface area contributed by atoms with E-state index in [1.165, 1.54) is 12.1 Å². The number of nitriles is 1. The van der Waals surface area contributed by atoms with Gasteiger partial charge in [0.15, 0.2) is 0 Å². The van der Waals surface area contributed by atoms with E-state index >= 15 is 0 Å². The minimum atomic E-state index is -4.44. The third-order valence-electron chi connectivity index (χ3n) is 4.98. The lowest BCUT2D eigenvalue weighted by Gasteiger charge is -2.28. The summed E-state index contributed by atoms with van der Waals surface area (Å²) in [6, 6.07) is 18.4. The number of halogens is 4. The molecule has 0 amide bonds. The van der Waals surface area contributed by atoms with Gasteiger partial charge in [-0.15, -0.1) is 0 Å². The Morgan fingerprint density at radius 1 is 0.966 bits per heavy atom. The minimum Gasteiger partial charge on any atom is -0.264 e. The molecule has 0 aliphatic carbocycles. The van der Waals surface area contributed by atoms with E-state index in [1.54, 1.807) is 48.8 Å².